The van der Waals surface area contributed by atoms with E-state index >= 15 is 0 Å². The fourth-order valence-corrected chi connectivity index (χ4v) is 3.46. The molecule has 1 aromatic rings. The van der Waals surface area contributed by atoms with Crippen LogP contribution in [0.5, 0.6) is 0 Å². The van der Waals surface area contributed by atoms with Crippen LogP contribution in [0.4, 0.5) is 4.39 Å². The van der Waals surface area contributed by atoms with Crippen molar-refractivity contribution in [3.05, 3.63) is 47.8 Å². The second-order valence-electron chi connectivity index (χ2n) is 6.40. The summed E-state index contributed by atoms with van der Waals surface area (Å²) < 4.78 is 12.9. The van der Waals surface area contributed by atoms with Crippen LogP contribution in [0.3, 0.4) is 0 Å². The van der Waals surface area contributed by atoms with Gasteiger partial charge < -0.3 is 9.80 Å². The Morgan fingerprint density at radius 3 is 2.55 bits per heavy atom. The van der Waals surface area contributed by atoms with Crippen LogP contribution in [0.2, 0.25) is 0 Å². The van der Waals surface area contributed by atoms with E-state index in [0.717, 1.165) is 32.1 Å². The van der Waals surface area contributed by atoms with Crippen molar-refractivity contribution < 1.29 is 14.1 Å². The third-order valence-corrected chi connectivity index (χ3v) is 4.80. The summed E-state index contributed by atoms with van der Waals surface area (Å²) in [6.45, 7) is 4.87. The number of carbonyl (C=O) groups excluding carboxylic acids is 1. The molecule has 1 aromatic carbocycles. The number of benzene rings is 1. The molecular weight excluding hydrogens is 279 g/mol. The Labute approximate surface area is 131 Å². The van der Waals surface area contributed by atoms with Gasteiger partial charge in [0, 0.05) is 11.5 Å². The van der Waals surface area contributed by atoms with Crippen molar-refractivity contribution in [1.82, 2.24) is 4.90 Å². The molecule has 1 atom stereocenters. The summed E-state index contributed by atoms with van der Waals surface area (Å²) in [4.78, 5) is 15.9. The zero-order valence-electron chi connectivity index (χ0n) is 12.9. The van der Waals surface area contributed by atoms with Crippen molar-refractivity contribution in [1.29, 1.82) is 0 Å². The smallest absolute Gasteiger partial charge is 0.254 e. The highest BCUT2D eigenvalue weighted by atomic mass is 19.1. The molecule has 1 fully saturated rings. The normalized spacial score (nSPS) is 22.8. The highest BCUT2D eigenvalue weighted by Crippen LogP contribution is 2.16. The molecule has 4 heteroatoms. The molecule has 22 heavy (non-hydrogen) atoms. The lowest BCUT2D eigenvalue weighted by Crippen LogP contribution is -3.15. The molecule has 3 rings (SSSR count). The number of nitrogens with zero attached hydrogens (tertiary/aromatic N) is 1. The van der Waals surface area contributed by atoms with E-state index in [2.05, 4.69) is 12.2 Å². The summed E-state index contributed by atoms with van der Waals surface area (Å²) >= 11 is 0. The minimum atomic E-state index is -0.299. The molecule has 118 valence electrons. The average Bonchev–Trinajstić information content (AvgIpc) is 2.57. The first kappa shape index (κ1) is 15.2. The molecule has 1 N–H and O–H groups in total. The minimum Gasteiger partial charge on any atom is -0.332 e. The Kier molecular flexibility index (Phi) is 4.88. The van der Waals surface area contributed by atoms with E-state index in [0.29, 0.717) is 5.56 Å². The molecule has 1 unspecified atom stereocenters. The molecule has 1 saturated heterocycles. The Hall–Kier alpha value is -1.68. The fraction of sp³-hybridized carbons (Fsp3) is 0.500. The van der Waals surface area contributed by atoms with Gasteiger partial charge in [0.15, 0.2) is 0 Å². The molecule has 0 spiro atoms. The average molecular weight is 303 g/mol. The Morgan fingerprint density at radius 1 is 1.18 bits per heavy atom. The summed E-state index contributed by atoms with van der Waals surface area (Å²) in [5.74, 6) is 0.534. The van der Waals surface area contributed by atoms with Crippen LogP contribution >= 0.6 is 0 Å². The van der Waals surface area contributed by atoms with Crippen LogP contribution in [-0.2, 0) is 0 Å². The Bertz CT molecular complexity index is 533. The summed E-state index contributed by atoms with van der Waals surface area (Å²) in [5, 5.41) is 0. The van der Waals surface area contributed by atoms with E-state index in [9.17, 15) is 9.18 Å². The number of amides is 1. The van der Waals surface area contributed by atoms with Crippen molar-refractivity contribution in [2.24, 2.45) is 5.92 Å². The summed E-state index contributed by atoms with van der Waals surface area (Å²) in [6, 6.07) is 5.85. The van der Waals surface area contributed by atoms with Crippen molar-refractivity contribution >= 4 is 5.91 Å². The van der Waals surface area contributed by atoms with Gasteiger partial charge >= 0.3 is 0 Å². The predicted molar refractivity (Wildman–Crippen MR) is 84.3 cm³/mol. The maximum Gasteiger partial charge on any atom is 0.254 e. The number of nitrogens with one attached hydrogen (secondary N) is 1. The van der Waals surface area contributed by atoms with Gasteiger partial charge in [-0.3, -0.25) is 4.79 Å². The van der Waals surface area contributed by atoms with Gasteiger partial charge in [0.25, 0.3) is 5.91 Å². The highest BCUT2D eigenvalue weighted by Gasteiger charge is 2.26. The number of hydrogen-bond acceptors (Lipinski definition) is 1. The molecule has 1 amide bonds. The zero-order chi connectivity index (χ0) is 15.4. The maximum atomic E-state index is 12.9. The third kappa shape index (κ3) is 3.74. The summed E-state index contributed by atoms with van der Waals surface area (Å²) in [6.07, 6.45) is 8.32. The van der Waals surface area contributed by atoms with E-state index in [1.165, 1.54) is 37.9 Å². The molecule has 3 nitrogen and oxygen atoms in total. The third-order valence-electron chi connectivity index (χ3n) is 4.80. The Morgan fingerprint density at radius 2 is 1.91 bits per heavy atom. The number of carbonyl (C=O) groups is 1. The number of quaternary nitrogens is 1. The standard InChI is InChI=1S/C18H23FN2O/c19-17-8-6-16(7-9-17)18(22)21-12-10-20(11-13-21)14-15-4-2-1-3-5-15/h1-2,6-9,15H,3-5,10-14H2/p+1. The van der Waals surface area contributed by atoms with Gasteiger partial charge in [0.1, 0.15) is 5.82 Å². The lowest BCUT2D eigenvalue weighted by Gasteiger charge is -2.34. The molecule has 0 radical (unpaired) electrons. The van der Waals surface area contributed by atoms with Gasteiger partial charge in [-0.15, -0.1) is 0 Å². The number of allylic oxidation sites excluding steroid dienone is 2. The Balaban J connectivity index is 1.49. The van der Waals surface area contributed by atoms with Crippen LogP contribution in [0, 0.1) is 11.7 Å². The van der Waals surface area contributed by atoms with Gasteiger partial charge in [-0.25, -0.2) is 4.39 Å². The second kappa shape index (κ2) is 7.05. The van der Waals surface area contributed by atoms with Crippen molar-refractivity contribution in [2.45, 2.75) is 19.3 Å². The first-order valence-electron chi connectivity index (χ1n) is 8.26. The number of hydrogen-bond donors (Lipinski definition) is 1. The minimum absolute atomic E-state index is 0.0275. The summed E-state index contributed by atoms with van der Waals surface area (Å²) in [7, 11) is 0. The lowest BCUT2D eigenvalue weighted by atomic mass is 9.94. The first-order valence-corrected chi connectivity index (χ1v) is 8.26. The van der Waals surface area contributed by atoms with E-state index in [1.54, 1.807) is 17.0 Å². The zero-order valence-corrected chi connectivity index (χ0v) is 12.9. The number of piperazine rings is 1. The summed E-state index contributed by atoms with van der Waals surface area (Å²) in [5.41, 5.74) is 0.585. The van der Waals surface area contributed by atoms with Gasteiger partial charge in [-0.05, 0) is 43.5 Å². The van der Waals surface area contributed by atoms with Crippen LogP contribution in [0.25, 0.3) is 0 Å². The van der Waals surface area contributed by atoms with E-state index in [1.807, 2.05) is 4.90 Å². The quantitative estimate of drug-likeness (QED) is 0.842. The molecule has 1 aliphatic heterocycles. The maximum absolute atomic E-state index is 12.9. The van der Waals surface area contributed by atoms with Gasteiger partial charge in [-0.2, -0.15) is 0 Å². The van der Waals surface area contributed by atoms with Crippen LogP contribution in [0.15, 0.2) is 36.4 Å². The monoisotopic (exact) mass is 303 g/mol. The fourth-order valence-electron chi connectivity index (χ4n) is 3.46. The molecule has 2 aliphatic rings. The second-order valence-corrected chi connectivity index (χ2v) is 6.40. The topological polar surface area (TPSA) is 24.8 Å². The molecule has 1 heterocycles. The van der Waals surface area contributed by atoms with Crippen molar-refractivity contribution in [3.63, 3.8) is 0 Å². The SMILES string of the molecule is O=C(c1ccc(F)cc1)N1CC[NH+](CC2CC=CCC2)CC1. The molecular formula is C18H24FN2O+. The van der Waals surface area contributed by atoms with Gasteiger partial charge in [-0.1, -0.05) is 12.2 Å². The predicted octanol–water partition coefficient (Wildman–Crippen LogP) is 1.52. The molecule has 1 aliphatic carbocycles. The molecule has 0 aromatic heterocycles. The van der Waals surface area contributed by atoms with E-state index in [4.69, 9.17) is 0 Å². The lowest BCUT2D eigenvalue weighted by molar-refractivity contribution is -0.907. The van der Waals surface area contributed by atoms with Crippen LogP contribution < -0.4 is 4.90 Å². The largest absolute Gasteiger partial charge is 0.332 e. The van der Waals surface area contributed by atoms with E-state index in [-0.39, 0.29) is 11.7 Å². The highest BCUT2D eigenvalue weighted by molar-refractivity contribution is 5.94. The van der Waals surface area contributed by atoms with Gasteiger partial charge in [0.2, 0.25) is 0 Å². The van der Waals surface area contributed by atoms with Crippen molar-refractivity contribution in [2.75, 3.05) is 32.7 Å². The molecule has 0 saturated carbocycles. The van der Waals surface area contributed by atoms with Crippen molar-refractivity contribution in [3.8, 4) is 0 Å². The van der Waals surface area contributed by atoms with E-state index < -0.39 is 0 Å². The first-order chi connectivity index (χ1) is 10.7. The van der Waals surface area contributed by atoms with Crippen LogP contribution in [0.1, 0.15) is 29.6 Å². The van der Waals surface area contributed by atoms with Crippen LogP contribution in [-0.4, -0.2) is 43.5 Å². The van der Waals surface area contributed by atoms with Gasteiger partial charge in [0.05, 0.1) is 32.7 Å². The number of rotatable bonds is 3. The molecule has 0 bridgehead atoms. The number of halogens is 1.